The predicted octanol–water partition coefficient (Wildman–Crippen LogP) is 1.17. The van der Waals surface area contributed by atoms with Crippen molar-refractivity contribution in [1.82, 2.24) is 5.32 Å². The van der Waals surface area contributed by atoms with Gasteiger partial charge in [0.1, 0.15) is 6.61 Å². The van der Waals surface area contributed by atoms with E-state index in [0.29, 0.717) is 13.0 Å². The van der Waals surface area contributed by atoms with Crippen molar-refractivity contribution in [3.05, 3.63) is 0 Å². The second-order valence-corrected chi connectivity index (χ2v) is 3.70. The molecule has 94 valence electrons. The molecule has 0 rings (SSSR count). The van der Waals surface area contributed by atoms with E-state index in [1.807, 2.05) is 13.8 Å². The van der Waals surface area contributed by atoms with Crippen molar-refractivity contribution >= 4 is 11.9 Å². The standard InChI is InChI=1S/C11H21NO4/c1-3-5-9(7-11(14)15)12-10(13)8-16-6-4-2/h9H,3-8H2,1-2H3,(H,12,13)(H,14,15). The maximum atomic E-state index is 11.4. The summed E-state index contributed by atoms with van der Waals surface area (Å²) in [6.45, 7) is 4.47. The van der Waals surface area contributed by atoms with Gasteiger partial charge in [0.2, 0.25) is 5.91 Å². The Morgan fingerprint density at radius 3 is 2.50 bits per heavy atom. The van der Waals surface area contributed by atoms with Gasteiger partial charge >= 0.3 is 5.97 Å². The molecule has 0 aliphatic carbocycles. The molecule has 0 aromatic heterocycles. The van der Waals surface area contributed by atoms with E-state index in [1.54, 1.807) is 0 Å². The fraction of sp³-hybridized carbons (Fsp3) is 0.818. The first kappa shape index (κ1) is 14.9. The minimum atomic E-state index is -0.895. The zero-order valence-electron chi connectivity index (χ0n) is 9.99. The molecular formula is C11H21NO4. The summed E-state index contributed by atoms with van der Waals surface area (Å²) in [4.78, 5) is 21.9. The lowest BCUT2D eigenvalue weighted by Crippen LogP contribution is -2.38. The van der Waals surface area contributed by atoms with E-state index in [9.17, 15) is 9.59 Å². The fourth-order valence-corrected chi connectivity index (χ4v) is 1.36. The molecule has 0 saturated heterocycles. The van der Waals surface area contributed by atoms with Crippen LogP contribution < -0.4 is 5.32 Å². The summed E-state index contributed by atoms with van der Waals surface area (Å²) in [6, 6.07) is -0.291. The number of hydrogen-bond donors (Lipinski definition) is 2. The Hall–Kier alpha value is -1.10. The highest BCUT2D eigenvalue weighted by Crippen LogP contribution is 2.01. The van der Waals surface area contributed by atoms with E-state index >= 15 is 0 Å². The van der Waals surface area contributed by atoms with Crippen molar-refractivity contribution in [1.29, 1.82) is 0 Å². The lowest BCUT2D eigenvalue weighted by molar-refractivity contribution is -0.138. The van der Waals surface area contributed by atoms with E-state index in [-0.39, 0.29) is 25.0 Å². The molecule has 0 heterocycles. The van der Waals surface area contributed by atoms with Crippen LogP contribution in [-0.4, -0.2) is 36.2 Å². The third kappa shape index (κ3) is 8.23. The van der Waals surface area contributed by atoms with E-state index in [0.717, 1.165) is 12.8 Å². The van der Waals surface area contributed by atoms with Gasteiger partial charge in [-0.2, -0.15) is 0 Å². The molecule has 0 bridgehead atoms. The third-order valence-electron chi connectivity index (χ3n) is 2.00. The number of aliphatic carboxylic acids is 1. The molecule has 1 amide bonds. The molecule has 2 N–H and O–H groups in total. The molecule has 1 atom stereocenters. The highest BCUT2D eigenvalue weighted by molar-refractivity contribution is 5.78. The van der Waals surface area contributed by atoms with Crippen molar-refractivity contribution in [2.24, 2.45) is 0 Å². The summed E-state index contributed by atoms with van der Waals surface area (Å²) in [5, 5.41) is 11.3. The van der Waals surface area contributed by atoms with Crippen LogP contribution in [0.25, 0.3) is 0 Å². The minimum absolute atomic E-state index is 0.00761. The highest BCUT2D eigenvalue weighted by atomic mass is 16.5. The largest absolute Gasteiger partial charge is 0.481 e. The van der Waals surface area contributed by atoms with E-state index < -0.39 is 5.97 Å². The average Bonchev–Trinajstić information content (AvgIpc) is 2.17. The first-order valence-corrected chi connectivity index (χ1v) is 5.69. The molecule has 0 radical (unpaired) electrons. The van der Waals surface area contributed by atoms with Crippen LogP contribution in [0.3, 0.4) is 0 Å². The lowest BCUT2D eigenvalue weighted by Gasteiger charge is -2.15. The maximum Gasteiger partial charge on any atom is 0.305 e. The quantitative estimate of drug-likeness (QED) is 0.584. The SMILES string of the molecule is CCCOCC(=O)NC(CCC)CC(=O)O. The molecule has 0 aliphatic heterocycles. The number of hydrogen-bond acceptors (Lipinski definition) is 3. The van der Waals surface area contributed by atoms with Crippen LogP contribution in [0.2, 0.25) is 0 Å². The van der Waals surface area contributed by atoms with E-state index in [1.165, 1.54) is 0 Å². The Labute approximate surface area is 96.2 Å². The monoisotopic (exact) mass is 231 g/mol. The summed E-state index contributed by atoms with van der Waals surface area (Å²) >= 11 is 0. The van der Waals surface area contributed by atoms with Crippen LogP contribution >= 0.6 is 0 Å². The zero-order chi connectivity index (χ0) is 12.4. The van der Waals surface area contributed by atoms with Gasteiger partial charge in [-0.25, -0.2) is 0 Å². The Bertz CT molecular complexity index is 218. The number of nitrogens with one attached hydrogen (secondary N) is 1. The van der Waals surface area contributed by atoms with E-state index in [4.69, 9.17) is 9.84 Å². The third-order valence-corrected chi connectivity index (χ3v) is 2.00. The topological polar surface area (TPSA) is 75.6 Å². The Morgan fingerprint density at radius 1 is 1.31 bits per heavy atom. The first-order valence-electron chi connectivity index (χ1n) is 5.69. The maximum absolute atomic E-state index is 11.4. The summed E-state index contributed by atoms with van der Waals surface area (Å²) in [5.74, 6) is -1.14. The van der Waals surface area contributed by atoms with Crippen molar-refractivity contribution in [3.8, 4) is 0 Å². The lowest BCUT2D eigenvalue weighted by atomic mass is 10.1. The fourth-order valence-electron chi connectivity index (χ4n) is 1.36. The normalized spacial score (nSPS) is 12.1. The Balaban J connectivity index is 3.87. The molecule has 0 aromatic carbocycles. The number of amides is 1. The average molecular weight is 231 g/mol. The number of carbonyl (C=O) groups is 2. The molecular weight excluding hydrogens is 210 g/mol. The second kappa shape index (κ2) is 9.15. The minimum Gasteiger partial charge on any atom is -0.481 e. The van der Waals surface area contributed by atoms with Crippen LogP contribution in [0, 0.1) is 0 Å². The summed E-state index contributed by atoms with van der Waals surface area (Å²) in [6.07, 6.45) is 2.34. The smallest absolute Gasteiger partial charge is 0.305 e. The molecule has 16 heavy (non-hydrogen) atoms. The van der Waals surface area contributed by atoms with Gasteiger partial charge in [-0.15, -0.1) is 0 Å². The first-order chi connectivity index (χ1) is 7.60. The van der Waals surface area contributed by atoms with Gasteiger partial charge in [0.15, 0.2) is 0 Å². The van der Waals surface area contributed by atoms with Crippen LogP contribution in [0.1, 0.15) is 39.5 Å². The summed E-state index contributed by atoms with van der Waals surface area (Å²) < 4.78 is 5.07. The molecule has 0 saturated carbocycles. The number of ether oxygens (including phenoxy) is 1. The highest BCUT2D eigenvalue weighted by Gasteiger charge is 2.14. The van der Waals surface area contributed by atoms with Gasteiger partial charge in [-0.05, 0) is 12.8 Å². The van der Waals surface area contributed by atoms with Gasteiger partial charge in [0.05, 0.1) is 6.42 Å². The predicted molar refractivity (Wildman–Crippen MR) is 60.2 cm³/mol. The van der Waals surface area contributed by atoms with E-state index in [2.05, 4.69) is 5.32 Å². The Morgan fingerprint density at radius 2 is 2.00 bits per heavy atom. The number of rotatable bonds is 9. The Kier molecular flexibility index (Phi) is 8.52. The van der Waals surface area contributed by atoms with Gasteiger partial charge in [0.25, 0.3) is 0 Å². The van der Waals surface area contributed by atoms with Crippen LogP contribution in [0.4, 0.5) is 0 Å². The van der Waals surface area contributed by atoms with Crippen LogP contribution in [0.5, 0.6) is 0 Å². The van der Waals surface area contributed by atoms with Gasteiger partial charge < -0.3 is 15.2 Å². The molecule has 0 fully saturated rings. The number of carboxylic acid groups (broad SMARTS) is 1. The van der Waals surface area contributed by atoms with Gasteiger partial charge in [-0.1, -0.05) is 20.3 Å². The van der Waals surface area contributed by atoms with Gasteiger partial charge in [-0.3, -0.25) is 9.59 Å². The second-order valence-electron chi connectivity index (χ2n) is 3.70. The molecule has 5 nitrogen and oxygen atoms in total. The van der Waals surface area contributed by atoms with Crippen LogP contribution in [-0.2, 0) is 14.3 Å². The zero-order valence-corrected chi connectivity index (χ0v) is 9.99. The molecule has 0 spiro atoms. The van der Waals surface area contributed by atoms with Crippen molar-refractivity contribution < 1.29 is 19.4 Å². The summed E-state index contributed by atoms with van der Waals surface area (Å²) in [7, 11) is 0. The molecule has 0 aliphatic rings. The number of carbonyl (C=O) groups excluding carboxylic acids is 1. The van der Waals surface area contributed by atoms with Crippen LogP contribution in [0.15, 0.2) is 0 Å². The van der Waals surface area contributed by atoms with Gasteiger partial charge in [0, 0.05) is 12.6 Å². The van der Waals surface area contributed by atoms with Crippen molar-refractivity contribution in [2.75, 3.05) is 13.2 Å². The number of carboxylic acids is 1. The summed E-state index contributed by atoms with van der Waals surface area (Å²) in [5.41, 5.74) is 0. The van der Waals surface area contributed by atoms with Crippen molar-refractivity contribution in [3.63, 3.8) is 0 Å². The molecule has 5 heteroatoms. The molecule has 1 unspecified atom stereocenters. The van der Waals surface area contributed by atoms with Crippen molar-refractivity contribution in [2.45, 2.75) is 45.6 Å². The molecule has 0 aromatic rings.